The molecule has 2 aliphatic heterocycles. The van der Waals surface area contributed by atoms with E-state index in [4.69, 9.17) is 9.72 Å². The van der Waals surface area contributed by atoms with Gasteiger partial charge in [-0.15, -0.1) is 0 Å². The van der Waals surface area contributed by atoms with Crippen LogP contribution in [0.5, 0.6) is 0 Å². The monoisotopic (exact) mass is 772 g/mol. The van der Waals surface area contributed by atoms with Gasteiger partial charge in [-0.2, -0.15) is 0 Å². The number of likely N-dealkylation sites (tertiary alicyclic amines) is 2. The average Bonchev–Trinajstić information content (AvgIpc) is 4.03. The van der Waals surface area contributed by atoms with E-state index in [0.29, 0.717) is 18.9 Å². The minimum absolute atomic E-state index is 0.115. The summed E-state index contributed by atoms with van der Waals surface area (Å²) in [6, 6.07) is 16.0. The standard InChI is InChI=1S/C43H48N8O6/c1-24(2)35(48-42(54)55)40(52)50-20-6-8-33(50)38-44-23-32(46-38)28-15-12-26(13-16-28)10-11-27-14-18-30-29(22-27)17-19-31-37(30)47-39(45-31)34-9-7-21-51(34)41(53)36(25(3)4)49-43(56)57-5/h12-19,22-25,33-36,48H,6-9,20-21H2,1-5H3,(H,44,46)(H,45,47)(H,49,56)(H,54,55)/t33-,34?,35-,36-/m0/s1. The van der Waals surface area contributed by atoms with Gasteiger partial charge in [0.05, 0.1) is 42.1 Å². The molecule has 7 rings (SSSR count). The molecule has 2 saturated heterocycles. The normalized spacial score (nSPS) is 17.8. The molecule has 0 radical (unpaired) electrons. The number of aromatic nitrogens is 4. The molecule has 2 aliphatic rings. The molecule has 14 heteroatoms. The van der Waals surface area contributed by atoms with Crippen LogP contribution in [0.2, 0.25) is 0 Å². The van der Waals surface area contributed by atoms with Gasteiger partial charge in [-0.05, 0) is 78.8 Å². The first-order valence-electron chi connectivity index (χ1n) is 19.5. The van der Waals surface area contributed by atoms with Crippen LogP contribution in [0.15, 0.2) is 60.8 Å². The van der Waals surface area contributed by atoms with E-state index in [1.807, 2.05) is 87.2 Å². The number of H-pyrrole nitrogens is 2. The molecule has 4 amide bonds. The van der Waals surface area contributed by atoms with Crippen LogP contribution in [0.1, 0.15) is 88.2 Å². The smallest absolute Gasteiger partial charge is 0.407 e. The van der Waals surface area contributed by atoms with Crippen LogP contribution >= 0.6 is 0 Å². The van der Waals surface area contributed by atoms with Crippen molar-refractivity contribution in [3.05, 3.63) is 83.6 Å². The molecular formula is C43H48N8O6. The van der Waals surface area contributed by atoms with Crippen LogP contribution in [0, 0.1) is 23.7 Å². The fraction of sp³-hybridized carbons (Fsp3) is 0.395. The maximum absolute atomic E-state index is 13.6. The van der Waals surface area contributed by atoms with Crippen molar-refractivity contribution in [3.63, 3.8) is 0 Å². The zero-order chi connectivity index (χ0) is 40.4. The van der Waals surface area contributed by atoms with E-state index in [-0.39, 0.29) is 35.7 Å². The Morgan fingerprint density at radius 2 is 1.42 bits per heavy atom. The second kappa shape index (κ2) is 16.4. The van der Waals surface area contributed by atoms with Crippen LogP contribution in [0.25, 0.3) is 33.1 Å². The first-order valence-corrected chi connectivity index (χ1v) is 19.5. The number of nitrogens with one attached hydrogen (secondary N) is 4. The lowest BCUT2D eigenvalue weighted by molar-refractivity contribution is -0.136. The van der Waals surface area contributed by atoms with E-state index in [9.17, 15) is 24.3 Å². The van der Waals surface area contributed by atoms with Crippen molar-refractivity contribution >= 4 is 45.8 Å². The molecule has 0 bridgehead atoms. The van der Waals surface area contributed by atoms with Gasteiger partial charge in [0.25, 0.3) is 0 Å². The molecule has 57 heavy (non-hydrogen) atoms. The van der Waals surface area contributed by atoms with Crippen LogP contribution < -0.4 is 10.6 Å². The van der Waals surface area contributed by atoms with E-state index in [1.165, 1.54) is 7.11 Å². The number of imidazole rings is 2. The summed E-state index contributed by atoms with van der Waals surface area (Å²) in [5.74, 6) is 7.28. The van der Waals surface area contributed by atoms with Crippen molar-refractivity contribution in [2.75, 3.05) is 20.2 Å². The van der Waals surface area contributed by atoms with Gasteiger partial charge in [-0.1, -0.05) is 63.8 Å². The molecule has 2 aromatic heterocycles. The number of methoxy groups -OCH3 is 1. The Kier molecular flexibility index (Phi) is 11.2. The minimum Gasteiger partial charge on any atom is -0.465 e. The number of alkyl carbamates (subject to hydrolysis) is 1. The topological polar surface area (TPSA) is 186 Å². The number of nitrogens with zero attached hydrogens (tertiary/aromatic N) is 4. The van der Waals surface area contributed by atoms with Gasteiger partial charge in [-0.25, -0.2) is 19.6 Å². The van der Waals surface area contributed by atoms with E-state index < -0.39 is 24.3 Å². The number of hydrogen-bond donors (Lipinski definition) is 5. The highest BCUT2D eigenvalue weighted by Gasteiger charge is 2.39. The summed E-state index contributed by atoms with van der Waals surface area (Å²) in [6.07, 6.45) is 3.08. The molecule has 3 aromatic carbocycles. The number of benzene rings is 3. The van der Waals surface area contributed by atoms with E-state index in [2.05, 4.69) is 37.4 Å². The highest BCUT2D eigenvalue weighted by molar-refractivity contribution is 6.04. The second-order valence-electron chi connectivity index (χ2n) is 15.4. The van der Waals surface area contributed by atoms with Gasteiger partial charge in [0, 0.05) is 29.6 Å². The molecule has 1 unspecified atom stereocenters. The van der Waals surface area contributed by atoms with Gasteiger partial charge in [-0.3, -0.25) is 9.59 Å². The van der Waals surface area contributed by atoms with E-state index >= 15 is 0 Å². The lowest BCUT2D eigenvalue weighted by atomic mass is 10.0. The molecule has 296 valence electrons. The molecule has 5 N–H and O–H groups in total. The average molecular weight is 773 g/mol. The van der Waals surface area contributed by atoms with Gasteiger partial charge >= 0.3 is 12.2 Å². The maximum atomic E-state index is 13.6. The predicted octanol–water partition coefficient (Wildman–Crippen LogP) is 6.51. The fourth-order valence-electron chi connectivity index (χ4n) is 7.92. The van der Waals surface area contributed by atoms with Crippen LogP contribution in [-0.2, 0) is 14.3 Å². The second-order valence-corrected chi connectivity index (χ2v) is 15.4. The molecule has 14 nitrogen and oxygen atoms in total. The number of rotatable bonds is 9. The van der Waals surface area contributed by atoms with Crippen molar-refractivity contribution in [1.82, 2.24) is 40.4 Å². The third-order valence-electron chi connectivity index (χ3n) is 10.9. The highest BCUT2D eigenvalue weighted by Crippen LogP contribution is 2.35. The summed E-state index contributed by atoms with van der Waals surface area (Å²) < 4.78 is 4.77. The van der Waals surface area contributed by atoms with Crippen LogP contribution in [0.4, 0.5) is 9.59 Å². The molecule has 4 atom stereocenters. The molecule has 0 aliphatic carbocycles. The number of carbonyl (C=O) groups is 4. The Bertz CT molecular complexity index is 2370. The Morgan fingerprint density at radius 1 is 0.807 bits per heavy atom. The third kappa shape index (κ3) is 8.14. The summed E-state index contributed by atoms with van der Waals surface area (Å²) in [4.78, 5) is 70.3. The van der Waals surface area contributed by atoms with Crippen LogP contribution in [0.3, 0.4) is 0 Å². The summed E-state index contributed by atoms with van der Waals surface area (Å²) in [5, 5.41) is 16.3. The minimum atomic E-state index is -1.22. The number of carbonyl (C=O) groups excluding carboxylic acids is 3. The molecule has 0 spiro atoms. The molecule has 0 saturated carbocycles. The van der Waals surface area contributed by atoms with Gasteiger partial charge in [0.15, 0.2) is 0 Å². The Balaban J connectivity index is 1.04. The summed E-state index contributed by atoms with van der Waals surface area (Å²) in [7, 11) is 1.29. The number of ether oxygens (including phenoxy) is 1. The number of carboxylic acid groups (broad SMARTS) is 1. The lowest BCUT2D eigenvalue weighted by Gasteiger charge is -2.29. The van der Waals surface area contributed by atoms with Crippen molar-refractivity contribution < 1.29 is 29.0 Å². The zero-order valence-electron chi connectivity index (χ0n) is 32.8. The number of amides is 4. The fourth-order valence-corrected chi connectivity index (χ4v) is 7.92. The number of hydrogen-bond acceptors (Lipinski definition) is 7. The third-order valence-corrected chi connectivity index (χ3v) is 10.9. The lowest BCUT2D eigenvalue weighted by Crippen LogP contribution is -2.51. The van der Waals surface area contributed by atoms with Crippen molar-refractivity contribution in [2.45, 2.75) is 77.5 Å². The first kappa shape index (κ1) is 38.9. The van der Waals surface area contributed by atoms with E-state index in [0.717, 1.165) is 75.7 Å². The van der Waals surface area contributed by atoms with Gasteiger partial charge in [0.2, 0.25) is 11.8 Å². The molecule has 2 fully saturated rings. The van der Waals surface area contributed by atoms with E-state index in [1.54, 1.807) is 11.1 Å². The quantitative estimate of drug-likeness (QED) is 0.105. The van der Waals surface area contributed by atoms with Crippen molar-refractivity contribution in [3.8, 4) is 23.1 Å². The Hall–Kier alpha value is -6.36. The maximum Gasteiger partial charge on any atom is 0.407 e. The van der Waals surface area contributed by atoms with Gasteiger partial charge in [0.1, 0.15) is 23.7 Å². The first-order chi connectivity index (χ1) is 27.4. The SMILES string of the molecule is COC(=O)N[C@H](C(=O)N1CCCC1c1nc2c(ccc3cc(C#Cc4ccc(-c5cnc([C@@H]6CCCN6C(=O)[C@@H](NC(=O)O)C(C)C)[nH]5)cc4)ccc32)[nH]1)C(C)C. The molecular weight excluding hydrogens is 725 g/mol. The highest BCUT2D eigenvalue weighted by atomic mass is 16.5. The van der Waals surface area contributed by atoms with Crippen molar-refractivity contribution in [2.24, 2.45) is 11.8 Å². The summed E-state index contributed by atoms with van der Waals surface area (Å²) in [6.45, 7) is 8.58. The van der Waals surface area contributed by atoms with Gasteiger partial charge < -0.3 is 40.2 Å². The number of fused-ring (bicyclic) bond motifs is 3. The summed E-state index contributed by atoms with van der Waals surface area (Å²) >= 11 is 0. The number of aromatic amines is 2. The predicted molar refractivity (Wildman–Crippen MR) is 215 cm³/mol. The summed E-state index contributed by atoms with van der Waals surface area (Å²) in [5.41, 5.74) is 5.17. The molecule has 4 heterocycles. The van der Waals surface area contributed by atoms with Crippen molar-refractivity contribution in [1.29, 1.82) is 0 Å². The largest absolute Gasteiger partial charge is 0.465 e. The Morgan fingerprint density at radius 3 is 2.05 bits per heavy atom. The zero-order valence-corrected chi connectivity index (χ0v) is 32.8. The molecule has 5 aromatic rings. The Labute approximate surface area is 330 Å². The van der Waals surface area contributed by atoms with Crippen LogP contribution in [-0.4, -0.2) is 91.1 Å².